The average molecular weight is 560 g/mol. The maximum absolute atomic E-state index is 12.4. The first-order valence-corrected chi connectivity index (χ1v) is 13.4. The van der Waals surface area contributed by atoms with Crippen molar-refractivity contribution >= 4 is 56.7 Å². The van der Waals surface area contributed by atoms with Gasteiger partial charge >= 0.3 is 5.63 Å². The highest BCUT2D eigenvalue weighted by Gasteiger charge is 2.21. The maximum atomic E-state index is 12.4. The molecule has 0 fully saturated rings. The third-order valence-electron chi connectivity index (χ3n) is 6.17. The van der Waals surface area contributed by atoms with E-state index in [1.54, 1.807) is 31.4 Å². The Balaban J connectivity index is 1.50. The van der Waals surface area contributed by atoms with E-state index in [0.717, 1.165) is 27.3 Å². The van der Waals surface area contributed by atoms with Gasteiger partial charge in [0.25, 0.3) is 0 Å². The fraction of sp³-hybridized carbons (Fsp3) is 0.0690. The molecule has 38 heavy (non-hydrogen) atoms. The number of benzene rings is 4. The molecular formula is C29H19Cl2N3O3S. The molecule has 0 unspecified atom stereocenters. The Kier molecular flexibility index (Phi) is 6.57. The van der Waals surface area contributed by atoms with E-state index in [-0.39, 0.29) is 0 Å². The van der Waals surface area contributed by atoms with Gasteiger partial charge in [0.2, 0.25) is 0 Å². The van der Waals surface area contributed by atoms with Crippen LogP contribution in [0, 0.1) is 0 Å². The van der Waals surface area contributed by atoms with Crippen LogP contribution in [0.2, 0.25) is 10.0 Å². The van der Waals surface area contributed by atoms with Crippen molar-refractivity contribution in [2.24, 2.45) is 0 Å². The lowest BCUT2D eigenvalue weighted by Gasteiger charge is -2.15. The van der Waals surface area contributed by atoms with E-state index in [0.29, 0.717) is 43.8 Å². The number of aromatic nitrogens is 3. The van der Waals surface area contributed by atoms with Crippen LogP contribution in [0.4, 0.5) is 0 Å². The quantitative estimate of drug-likeness (QED) is 0.118. The average Bonchev–Trinajstić information content (AvgIpc) is 3.35. The van der Waals surface area contributed by atoms with Crippen molar-refractivity contribution in [1.29, 1.82) is 0 Å². The van der Waals surface area contributed by atoms with Crippen molar-refractivity contribution in [1.82, 2.24) is 14.8 Å². The van der Waals surface area contributed by atoms with Crippen LogP contribution in [0.5, 0.6) is 5.75 Å². The summed E-state index contributed by atoms with van der Waals surface area (Å²) in [4.78, 5) is 12.4. The summed E-state index contributed by atoms with van der Waals surface area (Å²) in [5, 5.41) is 13.7. The minimum Gasteiger partial charge on any atom is -0.495 e. The third kappa shape index (κ3) is 4.53. The molecule has 6 rings (SSSR count). The van der Waals surface area contributed by atoms with Gasteiger partial charge in [0.1, 0.15) is 11.3 Å². The molecule has 188 valence electrons. The molecule has 0 N–H and O–H groups in total. The first-order chi connectivity index (χ1) is 18.5. The fourth-order valence-corrected chi connectivity index (χ4v) is 5.79. The Morgan fingerprint density at radius 3 is 2.61 bits per heavy atom. The van der Waals surface area contributed by atoms with Gasteiger partial charge < -0.3 is 9.15 Å². The summed E-state index contributed by atoms with van der Waals surface area (Å²) in [5.74, 6) is 1.64. The summed E-state index contributed by atoms with van der Waals surface area (Å²) in [6.07, 6.45) is 0. The highest BCUT2D eigenvalue weighted by atomic mass is 35.5. The SMILES string of the molecule is COc1ccc(Cl)cc1-n1c(SCc2cc(=O)oc3ccc4ccccc4c23)nnc1-c1cccc(Cl)c1. The van der Waals surface area contributed by atoms with E-state index >= 15 is 0 Å². The molecule has 0 aliphatic heterocycles. The second-order valence-corrected chi connectivity index (χ2v) is 10.3. The van der Waals surface area contributed by atoms with E-state index in [9.17, 15) is 4.79 Å². The van der Waals surface area contributed by atoms with Crippen LogP contribution >= 0.6 is 35.0 Å². The van der Waals surface area contributed by atoms with E-state index in [2.05, 4.69) is 10.2 Å². The van der Waals surface area contributed by atoms with Gasteiger partial charge in [-0.3, -0.25) is 4.57 Å². The van der Waals surface area contributed by atoms with Crippen molar-refractivity contribution in [3.63, 3.8) is 0 Å². The lowest BCUT2D eigenvalue weighted by Crippen LogP contribution is -2.04. The third-order valence-corrected chi connectivity index (χ3v) is 7.62. The molecule has 0 saturated carbocycles. The molecule has 0 saturated heterocycles. The van der Waals surface area contributed by atoms with E-state index in [4.69, 9.17) is 32.4 Å². The Hall–Kier alpha value is -3.78. The molecule has 0 atom stereocenters. The summed E-state index contributed by atoms with van der Waals surface area (Å²) in [5.41, 5.74) is 2.46. The number of hydrogen-bond acceptors (Lipinski definition) is 6. The van der Waals surface area contributed by atoms with Crippen LogP contribution in [-0.4, -0.2) is 21.9 Å². The number of thioether (sulfide) groups is 1. The first kappa shape index (κ1) is 24.6. The van der Waals surface area contributed by atoms with E-state index in [1.807, 2.05) is 65.2 Å². The Morgan fingerprint density at radius 1 is 0.921 bits per heavy atom. The molecule has 9 heteroatoms. The van der Waals surface area contributed by atoms with Crippen LogP contribution < -0.4 is 10.4 Å². The largest absolute Gasteiger partial charge is 0.495 e. The summed E-state index contributed by atoms with van der Waals surface area (Å²) in [7, 11) is 1.60. The highest BCUT2D eigenvalue weighted by molar-refractivity contribution is 7.98. The van der Waals surface area contributed by atoms with Crippen LogP contribution in [0.1, 0.15) is 5.56 Å². The number of methoxy groups -OCH3 is 1. The number of halogens is 2. The Morgan fingerprint density at radius 2 is 1.76 bits per heavy atom. The topological polar surface area (TPSA) is 70.2 Å². The van der Waals surface area contributed by atoms with Crippen molar-refractivity contribution in [2.75, 3.05) is 7.11 Å². The van der Waals surface area contributed by atoms with Crippen molar-refractivity contribution in [2.45, 2.75) is 10.9 Å². The monoisotopic (exact) mass is 559 g/mol. The molecule has 4 aromatic carbocycles. The minimum absolute atomic E-state index is 0.402. The zero-order valence-corrected chi connectivity index (χ0v) is 22.3. The van der Waals surface area contributed by atoms with Gasteiger partial charge in [0.15, 0.2) is 11.0 Å². The maximum Gasteiger partial charge on any atom is 0.336 e. The van der Waals surface area contributed by atoms with Crippen molar-refractivity contribution in [3.8, 4) is 22.8 Å². The zero-order valence-electron chi connectivity index (χ0n) is 20.0. The molecule has 0 spiro atoms. The predicted octanol–water partition coefficient (Wildman–Crippen LogP) is 7.80. The molecule has 0 radical (unpaired) electrons. The van der Waals surface area contributed by atoms with Gasteiger partial charge in [0, 0.05) is 32.8 Å². The van der Waals surface area contributed by atoms with Gasteiger partial charge in [-0.05, 0) is 52.7 Å². The number of nitrogens with zero attached hydrogens (tertiary/aromatic N) is 3. The summed E-state index contributed by atoms with van der Waals surface area (Å²) in [6, 6.07) is 26.1. The first-order valence-electron chi connectivity index (χ1n) is 11.6. The van der Waals surface area contributed by atoms with Crippen LogP contribution in [0.3, 0.4) is 0 Å². The van der Waals surface area contributed by atoms with Gasteiger partial charge in [-0.1, -0.05) is 77.4 Å². The minimum atomic E-state index is -0.402. The van der Waals surface area contributed by atoms with Gasteiger partial charge in [0.05, 0.1) is 12.8 Å². The van der Waals surface area contributed by atoms with E-state index < -0.39 is 5.63 Å². The standard InChI is InChI=1S/C29H19Cl2N3O3S/c1-36-24-12-10-21(31)15-23(24)34-28(18-6-4-7-20(30)13-18)32-33-29(34)38-16-19-14-26(35)37-25-11-9-17-5-2-3-8-22(17)27(19)25/h2-15H,16H2,1H3. The molecule has 0 aliphatic rings. The molecule has 0 aliphatic carbocycles. The summed E-state index contributed by atoms with van der Waals surface area (Å²) < 4.78 is 13.1. The molecular weight excluding hydrogens is 541 g/mol. The van der Waals surface area contributed by atoms with Crippen LogP contribution in [0.15, 0.2) is 99.3 Å². The second kappa shape index (κ2) is 10.2. The van der Waals surface area contributed by atoms with Gasteiger partial charge in [-0.15, -0.1) is 10.2 Å². The Bertz CT molecular complexity index is 1880. The normalized spacial score (nSPS) is 11.3. The highest BCUT2D eigenvalue weighted by Crippen LogP contribution is 2.37. The molecule has 0 amide bonds. The number of ether oxygens (including phenoxy) is 1. The molecule has 0 bridgehead atoms. The number of rotatable bonds is 6. The number of fused-ring (bicyclic) bond motifs is 3. The predicted molar refractivity (Wildman–Crippen MR) is 153 cm³/mol. The van der Waals surface area contributed by atoms with Crippen molar-refractivity contribution < 1.29 is 9.15 Å². The Labute approximate surface area is 231 Å². The lowest BCUT2D eigenvalue weighted by atomic mass is 10.0. The smallest absolute Gasteiger partial charge is 0.336 e. The van der Waals surface area contributed by atoms with E-state index in [1.165, 1.54) is 11.8 Å². The number of hydrogen-bond donors (Lipinski definition) is 0. The van der Waals surface area contributed by atoms with Crippen molar-refractivity contribution in [3.05, 3.63) is 111 Å². The molecule has 6 aromatic rings. The van der Waals surface area contributed by atoms with Crippen LogP contribution in [-0.2, 0) is 5.75 Å². The molecule has 6 nitrogen and oxygen atoms in total. The summed E-state index contributed by atoms with van der Waals surface area (Å²) >= 11 is 14.1. The van der Waals surface area contributed by atoms with Crippen LogP contribution in [0.25, 0.3) is 38.8 Å². The second-order valence-electron chi connectivity index (χ2n) is 8.51. The lowest BCUT2D eigenvalue weighted by molar-refractivity contribution is 0.412. The molecule has 2 heterocycles. The van der Waals surface area contributed by atoms with Gasteiger partial charge in [-0.25, -0.2) is 4.79 Å². The fourth-order valence-electron chi connectivity index (χ4n) is 4.51. The van der Waals surface area contributed by atoms with Gasteiger partial charge in [-0.2, -0.15) is 0 Å². The zero-order chi connectivity index (χ0) is 26.2. The molecule has 2 aromatic heterocycles. The summed E-state index contributed by atoms with van der Waals surface area (Å²) in [6.45, 7) is 0.